The maximum absolute atomic E-state index is 12.4. The number of aliphatic hydroxyl groups excluding tert-OH is 1. The number of aliphatic hydroxyl groups is 1. The SMILES string of the molecule is N#Cc1cccc(OCc2cccc(C(=O)N3CC[C@@H](O)C3)c2)c1. The number of hydrogen-bond acceptors (Lipinski definition) is 4. The molecule has 122 valence electrons. The molecular weight excluding hydrogens is 304 g/mol. The average molecular weight is 322 g/mol. The lowest BCUT2D eigenvalue weighted by Crippen LogP contribution is -2.29. The molecule has 0 saturated carbocycles. The van der Waals surface area contributed by atoms with Gasteiger partial charge < -0.3 is 14.7 Å². The number of rotatable bonds is 4. The number of hydrogen-bond donors (Lipinski definition) is 1. The minimum Gasteiger partial charge on any atom is -0.489 e. The van der Waals surface area contributed by atoms with E-state index in [0.717, 1.165) is 5.56 Å². The summed E-state index contributed by atoms with van der Waals surface area (Å²) in [6, 6.07) is 16.3. The molecule has 24 heavy (non-hydrogen) atoms. The molecule has 0 radical (unpaired) electrons. The van der Waals surface area contributed by atoms with Crippen LogP contribution in [0.3, 0.4) is 0 Å². The fraction of sp³-hybridized carbons (Fsp3) is 0.263. The summed E-state index contributed by atoms with van der Waals surface area (Å²) in [5.41, 5.74) is 2.02. The van der Waals surface area contributed by atoms with Crippen molar-refractivity contribution in [2.24, 2.45) is 0 Å². The van der Waals surface area contributed by atoms with Gasteiger partial charge in [0.25, 0.3) is 5.91 Å². The first-order valence-electron chi connectivity index (χ1n) is 7.85. The highest BCUT2D eigenvalue weighted by atomic mass is 16.5. The van der Waals surface area contributed by atoms with Crippen LogP contribution in [0.25, 0.3) is 0 Å². The molecule has 2 aromatic carbocycles. The zero-order valence-electron chi connectivity index (χ0n) is 13.2. The van der Waals surface area contributed by atoms with E-state index >= 15 is 0 Å². The smallest absolute Gasteiger partial charge is 0.253 e. The van der Waals surface area contributed by atoms with E-state index in [0.29, 0.717) is 43.0 Å². The van der Waals surface area contributed by atoms with Gasteiger partial charge in [0.05, 0.1) is 17.7 Å². The monoisotopic (exact) mass is 322 g/mol. The molecule has 1 N–H and O–H groups in total. The lowest BCUT2D eigenvalue weighted by Gasteiger charge is -2.16. The van der Waals surface area contributed by atoms with Crippen LogP contribution in [0.4, 0.5) is 0 Å². The molecule has 1 amide bonds. The summed E-state index contributed by atoms with van der Waals surface area (Å²) in [5, 5.41) is 18.5. The molecule has 0 spiro atoms. The highest BCUT2D eigenvalue weighted by molar-refractivity contribution is 5.94. The van der Waals surface area contributed by atoms with E-state index in [4.69, 9.17) is 10.00 Å². The number of carbonyl (C=O) groups is 1. The highest BCUT2D eigenvalue weighted by Crippen LogP contribution is 2.17. The summed E-state index contributed by atoms with van der Waals surface area (Å²) in [4.78, 5) is 14.1. The largest absolute Gasteiger partial charge is 0.489 e. The van der Waals surface area contributed by atoms with E-state index in [2.05, 4.69) is 6.07 Å². The van der Waals surface area contributed by atoms with Crippen LogP contribution in [0, 0.1) is 11.3 Å². The molecular formula is C19H18N2O3. The summed E-state index contributed by atoms with van der Waals surface area (Å²) in [6.07, 6.45) is 0.205. The van der Waals surface area contributed by atoms with Crippen molar-refractivity contribution < 1.29 is 14.6 Å². The normalized spacial score (nSPS) is 16.7. The first kappa shape index (κ1) is 16.0. The van der Waals surface area contributed by atoms with Gasteiger partial charge in [0.2, 0.25) is 0 Å². The third kappa shape index (κ3) is 3.73. The topological polar surface area (TPSA) is 73.6 Å². The summed E-state index contributed by atoms with van der Waals surface area (Å²) < 4.78 is 5.70. The maximum atomic E-state index is 12.4. The van der Waals surface area contributed by atoms with Gasteiger partial charge >= 0.3 is 0 Å². The number of likely N-dealkylation sites (tertiary alicyclic amines) is 1. The fourth-order valence-corrected chi connectivity index (χ4v) is 2.73. The Balaban J connectivity index is 1.67. The quantitative estimate of drug-likeness (QED) is 0.937. The third-order valence-corrected chi connectivity index (χ3v) is 3.99. The van der Waals surface area contributed by atoms with Gasteiger partial charge in [-0.1, -0.05) is 18.2 Å². The van der Waals surface area contributed by atoms with Crippen LogP contribution in [0.2, 0.25) is 0 Å². The molecule has 0 unspecified atom stereocenters. The zero-order chi connectivity index (χ0) is 16.9. The lowest BCUT2D eigenvalue weighted by molar-refractivity contribution is 0.0765. The summed E-state index contributed by atoms with van der Waals surface area (Å²) >= 11 is 0. The molecule has 0 bridgehead atoms. The van der Waals surface area contributed by atoms with Crippen molar-refractivity contribution in [2.45, 2.75) is 19.1 Å². The number of ether oxygens (including phenoxy) is 1. The second-order valence-corrected chi connectivity index (χ2v) is 5.82. The van der Waals surface area contributed by atoms with Crippen LogP contribution in [-0.2, 0) is 6.61 Å². The number of carbonyl (C=O) groups excluding carboxylic acids is 1. The Labute approximate surface area is 140 Å². The van der Waals surface area contributed by atoms with Gasteiger partial charge in [-0.3, -0.25) is 4.79 Å². The van der Waals surface area contributed by atoms with Crippen LogP contribution in [-0.4, -0.2) is 35.1 Å². The molecule has 1 saturated heterocycles. The highest BCUT2D eigenvalue weighted by Gasteiger charge is 2.25. The fourth-order valence-electron chi connectivity index (χ4n) is 2.73. The van der Waals surface area contributed by atoms with E-state index in [9.17, 15) is 9.90 Å². The number of benzene rings is 2. The Morgan fingerprint density at radius 2 is 2.12 bits per heavy atom. The molecule has 1 fully saturated rings. The number of nitrogens with zero attached hydrogens (tertiary/aromatic N) is 2. The molecule has 0 aromatic heterocycles. The van der Waals surface area contributed by atoms with Crippen molar-refractivity contribution >= 4 is 5.91 Å². The molecule has 3 rings (SSSR count). The number of amides is 1. The molecule has 1 aliphatic rings. The Kier molecular flexibility index (Phi) is 4.78. The standard InChI is InChI=1S/C19H18N2O3/c20-11-14-3-2-6-18(10-14)24-13-15-4-1-5-16(9-15)19(23)21-8-7-17(22)12-21/h1-6,9-10,17,22H,7-8,12-13H2/t17-/m1/s1. The van der Waals surface area contributed by atoms with Gasteiger partial charge in [-0.15, -0.1) is 0 Å². The van der Waals surface area contributed by atoms with Gasteiger partial charge in [0.15, 0.2) is 0 Å². The van der Waals surface area contributed by atoms with Crippen LogP contribution in [0.1, 0.15) is 27.9 Å². The minimum atomic E-state index is -0.423. The molecule has 0 aliphatic carbocycles. The Morgan fingerprint density at radius 1 is 1.29 bits per heavy atom. The van der Waals surface area contributed by atoms with Crippen LogP contribution in [0.15, 0.2) is 48.5 Å². The van der Waals surface area contributed by atoms with Crippen molar-refractivity contribution in [3.05, 3.63) is 65.2 Å². The van der Waals surface area contributed by atoms with E-state index in [1.165, 1.54) is 0 Å². The van der Waals surface area contributed by atoms with Crippen molar-refractivity contribution in [2.75, 3.05) is 13.1 Å². The lowest BCUT2D eigenvalue weighted by atomic mass is 10.1. The second-order valence-electron chi connectivity index (χ2n) is 5.82. The zero-order valence-corrected chi connectivity index (χ0v) is 13.2. The van der Waals surface area contributed by atoms with Crippen molar-refractivity contribution in [1.82, 2.24) is 4.90 Å². The Hall–Kier alpha value is -2.84. The molecule has 5 heteroatoms. The molecule has 5 nitrogen and oxygen atoms in total. The molecule has 2 aromatic rings. The summed E-state index contributed by atoms with van der Waals surface area (Å²) in [7, 11) is 0. The first-order chi connectivity index (χ1) is 11.7. The Morgan fingerprint density at radius 3 is 2.88 bits per heavy atom. The van der Waals surface area contributed by atoms with Gasteiger partial charge in [0.1, 0.15) is 12.4 Å². The van der Waals surface area contributed by atoms with Crippen LogP contribution in [0.5, 0.6) is 5.75 Å². The molecule has 1 heterocycles. The van der Waals surface area contributed by atoms with E-state index < -0.39 is 6.10 Å². The van der Waals surface area contributed by atoms with Gasteiger partial charge in [-0.2, -0.15) is 5.26 Å². The summed E-state index contributed by atoms with van der Waals surface area (Å²) in [5.74, 6) is 0.549. The predicted molar refractivity (Wildman–Crippen MR) is 88.5 cm³/mol. The number of nitriles is 1. The van der Waals surface area contributed by atoms with E-state index in [-0.39, 0.29) is 5.91 Å². The molecule has 1 atom stereocenters. The van der Waals surface area contributed by atoms with Gasteiger partial charge in [-0.05, 0) is 42.3 Å². The summed E-state index contributed by atoms with van der Waals surface area (Å²) in [6.45, 7) is 1.29. The number of β-amino-alcohol motifs (C(OH)–C–C–N with tert-alkyl or cyclic N) is 1. The van der Waals surface area contributed by atoms with Gasteiger partial charge in [-0.25, -0.2) is 0 Å². The van der Waals surface area contributed by atoms with Crippen molar-refractivity contribution in [3.8, 4) is 11.8 Å². The van der Waals surface area contributed by atoms with Crippen molar-refractivity contribution in [3.63, 3.8) is 0 Å². The third-order valence-electron chi connectivity index (χ3n) is 3.99. The van der Waals surface area contributed by atoms with Crippen LogP contribution < -0.4 is 4.74 Å². The predicted octanol–water partition coefficient (Wildman–Crippen LogP) is 2.34. The van der Waals surface area contributed by atoms with Crippen LogP contribution >= 0.6 is 0 Å². The van der Waals surface area contributed by atoms with E-state index in [1.54, 1.807) is 41.3 Å². The van der Waals surface area contributed by atoms with Gasteiger partial charge in [0, 0.05) is 18.7 Å². The Bertz CT molecular complexity index is 782. The van der Waals surface area contributed by atoms with E-state index in [1.807, 2.05) is 12.1 Å². The maximum Gasteiger partial charge on any atom is 0.253 e. The first-order valence-corrected chi connectivity index (χ1v) is 7.85. The minimum absolute atomic E-state index is 0.0696. The molecule has 1 aliphatic heterocycles. The average Bonchev–Trinajstić information content (AvgIpc) is 3.06. The van der Waals surface area contributed by atoms with Crippen molar-refractivity contribution in [1.29, 1.82) is 5.26 Å². The second kappa shape index (κ2) is 7.16.